The van der Waals surface area contributed by atoms with E-state index in [0.717, 1.165) is 12.2 Å². The van der Waals surface area contributed by atoms with Gasteiger partial charge in [0.2, 0.25) is 5.88 Å². The van der Waals surface area contributed by atoms with Gasteiger partial charge in [0, 0.05) is 18.7 Å². The maximum atomic E-state index is 5.22. The van der Waals surface area contributed by atoms with Gasteiger partial charge < -0.3 is 10.1 Å². The number of hydrogen-bond acceptors (Lipinski definition) is 3. The summed E-state index contributed by atoms with van der Waals surface area (Å²) < 4.78 is 5.22. The Morgan fingerprint density at radius 1 is 1.33 bits per heavy atom. The molecule has 0 unspecified atom stereocenters. The molecule has 0 bridgehead atoms. The maximum absolute atomic E-state index is 5.22. The molecule has 1 aromatic heterocycles. The summed E-state index contributed by atoms with van der Waals surface area (Å²) in [6.45, 7) is 5.35. The van der Waals surface area contributed by atoms with Crippen molar-refractivity contribution in [1.29, 1.82) is 0 Å². The highest BCUT2D eigenvalue weighted by atomic mass is 16.5. The Bertz CT molecular complexity index is 462. The first-order valence-corrected chi connectivity index (χ1v) is 8.14. The molecule has 1 saturated carbocycles. The molecule has 3 heteroatoms. The summed E-state index contributed by atoms with van der Waals surface area (Å²) in [5.41, 5.74) is 2.49. The zero-order chi connectivity index (χ0) is 15.1. The normalized spacial score (nSPS) is 17.2. The zero-order valence-corrected chi connectivity index (χ0v) is 13.6. The molecule has 0 atom stereocenters. The van der Waals surface area contributed by atoms with Crippen LogP contribution in [0.25, 0.3) is 6.08 Å². The van der Waals surface area contributed by atoms with E-state index in [0.29, 0.717) is 17.8 Å². The molecule has 0 saturated heterocycles. The second-order valence-electron chi connectivity index (χ2n) is 6.19. The molecule has 0 aliphatic heterocycles. The van der Waals surface area contributed by atoms with E-state index in [1.54, 1.807) is 7.11 Å². The second kappa shape index (κ2) is 8.18. The largest absolute Gasteiger partial charge is 0.481 e. The Kier molecular flexibility index (Phi) is 6.24. The van der Waals surface area contributed by atoms with Crippen molar-refractivity contribution in [2.75, 3.05) is 13.7 Å². The molecule has 2 rings (SSSR count). The van der Waals surface area contributed by atoms with Crippen LogP contribution in [-0.4, -0.2) is 24.7 Å². The SMILES string of the molecule is COc1cccc(/C=C(/CNC(C)C)C2CCCCC2)n1. The summed E-state index contributed by atoms with van der Waals surface area (Å²) in [5.74, 6) is 1.39. The van der Waals surface area contributed by atoms with Gasteiger partial charge in [0.05, 0.1) is 12.8 Å². The van der Waals surface area contributed by atoms with Crippen LogP contribution in [0, 0.1) is 5.92 Å². The number of aromatic nitrogens is 1. The third kappa shape index (κ3) is 5.16. The van der Waals surface area contributed by atoms with Crippen LogP contribution in [0.1, 0.15) is 51.6 Å². The van der Waals surface area contributed by atoms with Crippen molar-refractivity contribution in [1.82, 2.24) is 10.3 Å². The molecular formula is C18H28N2O. The van der Waals surface area contributed by atoms with Crippen LogP contribution in [0.3, 0.4) is 0 Å². The molecule has 1 fully saturated rings. The van der Waals surface area contributed by atoms with Crippen molar-refractivity contribution >= 4 is 6.08 Å². The lowest BCUT2D eigenvalue weighted by atomic mass is 9.83. The fourth-order valence-corrected chi connectivity index (χ4v) is 2.92. The van der Waals surface area contributed by atoms with Crippen LogP contribution in [-0.2, 0) is 0 Å². The molecule has 1 heterocycles. The molecule has 21 heavy (non-hydrogen) atoms. The number of nitrogens with one attached hydrogen (secondary N) is 1. The number of rotatable bonds is 6. The summed E-state index contributed by atoms with van der Waals surface area (Å²) in [4.78, 5) is 4.53. The lowest BCUT2D eigenvalue weighted by Crippen LogP contribution is -2.28. The van der Waals surface area contributed by atoms with Gasteiger partial charge in [0.1, 0.15) is 0 Å². The molecule has 0 aromatic carbocycles. The van der Waals surface area contributed by atoms with E-state index >= 15 is 0 Å². The monoisotopic (exact) mass is 288 g/mol. The van der Waals surface area contributed by atoms with Gasteiger partial charge in [0.25, 0.3) is 0 Å². The van der Waals surface area contributed by atoms with Gasteiger partial charge in [-0.2, -0.15) is 0 Å². The molecule has 1 aliphatic carbocycles. The van der Waals surface area contributed by atoms with Gasteiger partial charge in [-0.05, 0) is 30.9 Å². The Morgan fingerprint density at radius 3 is 2.76 bits per heavy atom. The van der Waals surface area contributed by atoms with Crippen molar-refractivity contribution in [3.63, 3.8) is 0 Å². The van der Waals surface area contributed by atoms with Gasteiger partial charge in [-0.15, -0.1) is 0 Å². The van der Waals surface area contributed by atoms with Crippen LogP contribution in [0.2, 0.25) is 0 Å². The van der Waals surface area contributed by atoms with Gasteiger partial charge >= 0.3 is 0 Å². The number of hydrogen-bond donors (Lipinski definition) is 1. The molecule has 0 spiro atoms. The quantitative estimate of drug-likeness (QED) is 0.857. The average molecular weight is 288 g/mol. The van der Waals surface area contributed by atoms with Crippen molar-refractivity contribution in [2.45, 2.75) is 52.0 Å². The third-order valence-corrected chi connectivity index (χ3v) is 4.13. The highest BCUT2D eigenvalue weighted by Crippen LogP contribution is 2.30. The average Bonchev–Trinajstić information content (AvgIpc) is 2.52. The maximum Gasteiger partial charge on any atom is 0.213 e. The summed E-state index contributed by atoms with van der Waals surface area (Å²) in [6.07, 6.45) is 8.99. The second-order valence-corrected chi connectivity index (χ2v) is 6.19. The van der Waals surface area contributed by atoms with Gasteiger partial charge in [-0.25, -0.2) is 4.98 Å². The highest BCUT2D eigenvalue weighted by Gasteiger charge is 2.18. The molecule has 0 radical (unpaired) electrons. The van der Waals surface area contributed by atoms with Crippen LogP contribution in [0.5, 0.6) is 5.88 Å². The summed E-state index contributed by atoms with van der Waals surface area (Å²) in [6, 6.07) is 6.46. The molecule has 116 valence electrons. The lowest BCUT2D eigenvalue weighted by molar-refractivity contribution is 0.393. The minimum atomic E-state index is 0.509. The van der Waals surface area contributed by atoms with Crippen molar-refractivity contribution < 1.29 is 4.74 Å². The molecule has 1 aliphatic rings. The van der Waals surface area contributed by atoms with E-state index in [1.165, 1.54) is 37.7 Å². The highest BCUT2D eigenvalue weighted by molar-refractivity contribution is 5.51. The standard InChI is InChI=1S/C18H28N2O/c1-14(2)19-13-16(15-8-5-4-6-9-15)12-17-10-7-11-18(20-17)21-3/h7,10-12,14-15,19H,4-6,8-9,13H2,1-3H3/b16-12-. The van der Waals surface area contributed by atoms with Crippen molar-refractivity contribution in [2.24, 2.45) is 5.92 Å². The van der Waals surface area contributed by atoms with Crippen LogP contribution in [0.4, 0.5) is 0 Å². The van der Waals surface area contributed by atoms with Gasteiger partial charge in [-0.3, -0.25) is 0 Å². The van der Waals surface area contributed by atoms with Crippen LogP contribution in [0.15, 0.2) is 23.8 Å². The number of pyridine rings is 1. The molecular weight excluding hydrogens is 260 g/mol. The Hall–Kier alpha value is -1.35. The summed E-state index contributed by atoms with van der Waals surface area (Å²) >= 11 is 0. The first-order chi connectivity index (χ1) is 10.2. The Labute approximate surface area is 128 Å². The van der Waals surface area contributed by atoms with Crippen LogP contribution >= 0.6 is 0 Å². The molecule has 0 amide bonds. The smallest absolute Gasteiger partial charge is 0.213 e. The zero-order valence-electron chi connectivity index (χ0n) is 13.6. The molecule has 3 nitrogen and oxygen atoms in total. The fourth-order valence-electron chi connectivity index (χ4n) is 2.92. The van der Waals surface area contributed by atoms with Crippen LogP contribution < -0.4 is 10.1 Å². The van der Waals surface area contributed by atoms with E-state index < -0.39 is 0 Å². The Morgan fingerprint density at radius 2 is 2.10 bits per heavy atom. The predicted molar refractivity (Wildman–Crippen MR) is 88.5 cm³/mol. The van der Waals surface area contributed by atoms with Crippen molar-refractivity contribution in [3.8, 4) is 5.88 Å². The Balaban J connectivity index is 2.17. The fraction of sp³-hybridized carbons (Fsp3) is 0.611. The lowest BCUT2D eigenvalue weighted by Gasteiger charge is -2.25. The minimum absolute atomic E-state index is 0.509. The van der Waals surface area contributed by atoms with Gasteiger partial charge in [0.15, 0.2) is 0 Å². The summed E-state index contributed by atoms with van der Waals surface area (Å²) in [7, 11) is 1.66. The van der Waals surface area contributed by atoms with E-state index in [1.807, 2.05) is 12.1 Å². The summed E-state index contributed by atoms with van der Waals surface area (Å²) in [5, 5.41) is 3.56. The first-order valence-electron chi connectivity index (χ1n) is 8.14. The third-order valence-electron chi connectivity index (χ3n) is 4.13. The molecule has 1 N–H and O–H groups in total. The minimum Gasteiger partial charge on any atom is -0.481 e. The van der Waals surface area contributed by atoms with E-state index in [-0.39, 0.29) is 0 Å². The molecule has 1 aromatic rings. The number of methoxy groups -OCH3 is 1. The topological polar surface area (TPSA) is 34.1 Å². The number of nitrogens with zero attached hydrogens (tertiary/aromatic N) is 1. The van der Waals surface area contributed by atoms with Crippen molar-refractivity contribution in [3.05, 3.63) is 29.5 Å². The predicted octanol–water partition coefficient (Wildman–Crippen LogP) is 4.05. The number of ether oxygens (including phenoxy) is 1. The van der Waals surface area contributed by atoms with E-state index in [4.69, 9.17) is 4.74 Å². The van der Waals surface area contributed by atoms with E-state index in [2.05, 4.69) is 36.3 Å². The van der Waals surface area contributed by atoms with Gasteiger partial charge in [-0.1, -0.05) is 44.7 Å². The van der Waals surface area contributed by atoms with E-state index in [9.17, 15) is 0 Å². The first kappa shape index (κ1) is 16.0.